The third-order valence-corrected chi connectivity index (χ3v) is 4.12. The average molecular weight is 372 g/mol. The molecular formula is C18H23Cl2NO3. The number of rotatable bonds is 8. The van der Waals surface area contributed by atoms with Gasteiger partial charge in [0.25, 0.3) is 0 Å². The van der Waals surface area contributed by atoms with Gasteiger partial charge in [-0.25, -0.2) is 0 Å². The number of benzene rings is 1. The largest absolute Gasteiger partial charge is 0.469 e. The minimum atomic E-state index is -0.372. The first-order valence-electron chi connectivity index (χ1n) is 7.88. The zero-order chi connectivity index (χ0) is 18.1. The van der Waals surface area contributed by atoms with Gasteiger partial charge in [0, 0.05) is 29.2 Å². The van der Waals surface area contributed by atoms with E-state index in [2.05, 4.69) is 6.92 Å². The number of hydrogen-bond acceptors (Lipinski definition) is 3. The van der Waals surface area contributed by atoms with E-state index in [9.17, 15) is 9.59 Å². The Morgan fingerprint density at radius 2 is 2.04 bits per heavy atom. The summed E-state index contributed by atoms with van der Waals surface area (Å²) in [7, 11) is 1.35. The van der Waals surface area contributed by atoms with Crippen LogP contribution in [0, 0.1) is 5.92 Å². The number of amides is 1. The van der Waals surface area contributed by atoms with E-state index in [0.717, 1.165) is 12.8 Å². The Balaban J connectivity index is 2.82. The molecule has 0 fully saturated rings. The first-order chi connectivity index (χ1) is 11.4. The molecule has 1 rings (SSSR count). The molecule has 0 saturated heterocycles. The number of ether oxygens (including phenoxy) is 1. The molecule has 1 amide bonds. The Labute approximate surface area is 153 Å². The molecule has 0 spiro atoms. The van der Waals surface area contributed by atoms with Crippen molar-refractivity contribution in [3.05, 3.63) is 39.9 Å². The van der Waals surface area contributed by atoms with Crippen molar-refractivity contribution in [2.45, 2.75) is 26.7 Å². The van der Waals surface area contributed by atoms with Gasteiger partial charge in [-0.1, -0.05) is 49.5 Å². The van der Waals surface area contributed by atoms with Crippen LogP contribution in [-0.4, -0.2) is 37.0 Å². The molecule has 0 radical (unpaired) electrons. The lowest BCUT2D eigenvalue weighted by Gasteiger charge is -2.23. The maximum absolute atomic E-state index is 12.5. The van der Waals surface area contributed by atoms with E-state index < -0.39 is 0 Å². The molecule has 6 heteroatoms. The lowest BCUT2D eigenvalue weighted by Crippen LogP contribution is -2.37. The topological polar surface area (TPSA) is 46.6 Å². The molecule has 0 N–H and O–H groups in total. The van der Waals surface area contributed by atoms with Crippen molar-refractivity contribution in [2.24, 2.45) is 5.92 Å². The van der Waals surface area contributed by atoms with Crippen molar-refractivity contribution in [1.82, 2.24) is 4.90 Å². The molecule has 1 unspecified atom stereocenters. The summed E-state index contributed by atoms with van der Waals surface area (Å²) in [4.78, 5) is 25.7. The zero-order valence-corrected chi connectivity index (χ0v) is 15.7. The highest BCUT2D eigenvalue weighted by molar-refractivity contribution is 6.35. The van der Waals surface area contributed by atoms with Gasteiger partial charge in [-0.3, -0.25) is 9.59 Å². The maximum atomic E-state index is 12.5. The Bertz CT molecular complexity index is 602. The highest BCUT2D eigenvalue weighted by atomic mass is 35.5. The molecule has 1 aromatic carbocycles. The van der Waals surface area contributed by atoms with Gasteiger partial charge in [-0.2, -0.15) is 0 Å². The van der Waals surface area contributed by atoms with E-state index in [-0.39, 0.29) is 17.8 Å². The highest BCUT2D eigenvalue weighted by Gasteiger charge is 2.19. The molecule has 0 saturated carbocycles. The summed E-state index contributed by atoms with van der Waals surface area (Å²) in [6, 6.07) is 5.09. The number of halogens is 2. The Morgan fingerprint density at radius 1 is 1.33 bits per heavy atom. The molecular weight excluding hydrogens is 349 g/mol. The maximum Gasteiger partial charge on any atom is 0.310 e. The quantitative estimate of drug-likeness (QED) is 0.501. The third kappa shape index (κ3) is 6.54. The fraction of sp³-hybridized carbons (Fsp3) is 0.444. The van der Waals surface area contributed by atoms with Crippen LogP contribution in [0.3, 0.4) is 0 Å². The fourth-order valence-corrected chi connectivity index (χ4v) is 2.62. The van der Waals surface area contributed by atoms with E-state index >= 15 is 0 Å². The predicted octanol–water partition coefficient (Wildman–Crippen LogP) is 4.44. The van der Waals surface area contributed by atoms with Crippen LogP contribution < -0.4 is 0 Å². The van der Waals surface area contributed by atoms with Crippen LogP contribution in [-0.2, 0) is 14.3 Å². The smallest absolute Gasteiger partial charge is 0.310 e. The van der Waals surface area contributed by atoms with Gasteiger partial charge in [0.15, 0.2) is 0 Å². The van der Waals surface area contributed by atoms with E-state index in [4.69, 9.17) is 27.9 Å². The van der Waals surface area contributed by atoms with Gasteiger partial charge in [0.2, 0.25) is 5.91 Å². The Morgan fingerprint density at radius 3 is 2.62 bits per heavy atom. The number of unbranched alkanes of at least 4 members (excludes halogenated alkanes) is 1. The van der Waals surface area contributed by atoms with Gasteiger partial charge < -0.3 is 9.64 Å². The van der Waals surface area contributed by atoms with Crippen molar-refractivity contribution in [3.63, 3.8) is 0 Å². The number of hydrogen-bond donors (Lipinski definition) is 0. The third-order valence-electron chi connectivity index (χ3n) is 3.56. The second-order valence-electron chi connectivity index (χ2n) is 5.56. The van der Waals surface area contributed by atoms with Crippen LogP contribution in [0.15, 0.2) is 24.3 Å². The number of methoxy groups -OCH3 is 1. The minimum Gasteiger partial charge on any atom is -0.469 e. The first-order valence-corrected chi connectivity index (χ1v) is 8.64. The average Bonchev–Trinajstić information content (AvgIpc) is 2.56. The van der Waals surface area contributed by atoms with Gasteiger partial charge in [0.05, 0.1) is 13.0 Å². The first kappa shape index (κ1) is 20.5. The Kier molecular flexibility index (Phi) is 8.87. The lowest BCUT2D eigenvalue weighted by molar-refractivity contribution is -0.146. The summed E-state index contributed by atoms with van der Waals surface area (Å²) in [5.74, 6) is -0.859. The normalized spacial score (nSPS) is 12.2. The van der Waals surface area contributed by atoms with Gasteiger partial charge in [-0.05, 0) is 30.2 Å². The second kappa shape index (κ2) is 10.4. The van der Waals surface area contributed by atoms with Crippen molar-refractivity contribution in [2.75, 3.05) is 20.2 Å². The van der Waals surface area contributed by atoms with Crippen LogP contribution in [0.2, 0.25) is 10.0 Å². The molecule has 4 nitrogen and oxygen atoms in total. The summed E-state index contributed by atoms with van der Waals surface area (Å²) in [5, 5.41) is 1.02. The number of carbonyl (C=O) groups excluding carboxylic acids is 2. The van der Waals surface area contributed by atoms with Gasteiger partial charge in [0.1, 0.15) is 0 Å². The lowest BCUT2D eigenvalue weighted by atomic mass is 10.1. The standard InChI is InChI=1S/C18H23Cl2NO3/c1-4-5-10-21(12-13(2)18(23)24-3)17(22)9-7-14-6-8-15(19)11-16(14)20/h6-9,11,13H,4-5,10,12H2,1-3H3/b9-7+. The molecule has 0 aliphatic carbocycles. The molecule has 0 aliphatic rings. The van der Waals surface area contributed by atoms with Crippen LogP contribution in [0.5, 0.6) is 0 Å². The van der Waals surface area contributed by atoms with Crippen LogP contribution in [0.1, 0.15) is 32.3 Å². The number of nitrogens with zero attached hydrogens (tertiary/aromatic N) is 1. The minimum absolute atomic E-state index is 0.162. The molecule has 0 bridgehead atoms. The molecule has 1 atom stereocenters. The summed E-state index contributed by atoms with van der Waals surface area (Å²) < 4.78 is 4.73. The molecule has 1 aromatic rings. The molecule has 0 heterocycles. The number of esters is 1. The molecule has 0 aromatic heterocycles. The SMILES string of the molecule is CCCCN(CC(C)C(=O)OC)C(=O)/C=C/c1ccc(Cl)cc1Cl. The highest BCUT2D eigenvalue weighted by Crippen LogP contribution is 2.22. The van der Waals surface area contributed by atoms with E-state index in [1.165, 1.54) is 13.2 Å². The van der Waals surface area contributed by atoms with Gasteiger partial charge in [-0.15, -0.1) is 0 Å². The van der Waals surface area contributed by atoms with Gasteiger partial charge >= 0.3 is 5.97 Å². The molecule has 24 heavy (non-hydrogen) atoms. The molecule has 132 valence electrons. The van der Waals surface area contributed by atoms with Crippen molar-refractivity contribution < 1.29 is 14.3 Å². The zero-order valence-electron chi connectivity index (χ0n) is 14.2. The fourth-order valence-electron chi connectivity index (χ4n) is 2.15. The summed E-state index contributed by atoms with van der Waals surface area (Å²) in [6.07, 6.45) is 4.95. The molecule has 0 aliphatic heterocycles. The van der Waals surface area contributed by atoms with E-state index in [1.807, 2.05) is 0 Å². The van der Waals surface area contributed by atoms with Crippen molar-refractivity contribution >= 4 is 41.2 Å². The summed E-state index contributed by atoms with van der Waals surface area (Å²) in [6.45, 7) is 4.72. The second-order valence-corrected chi connectivity index (χ2v) is 6.40. The predicted molar refractivity (Wildman–Crippen MR) is 98.2 cm³/mol. The monoisotopic (exact) mass is 371 g/mol. The van der Waals surface area contributed by atoms with E-state index in [1.54, 1.807) is 36.1 Å². The van der Waals surface area contributed by atoms with Crippen molar-refractivity contribution in [1.29, 1.82) is 0 Å². The van der Waals surface area contributed by atoms with E-state index in [0.29, 0.717) is 28.7 Å². The summed E-state index contributed by atoms with van der Waals surface area (Å²) in [5.41, 5.74) is 0.714. The number of carbonyl (C=O) groups is 2. The van der Waals surface area contributed by atoms with Crippen LogP contribution in [0.4, 0.5) is 0 Å². The summed E-state index contributed by atoms with van der Waals surface area (Å²) >= 11 is 12.0. The van der Waals surface area contributed by atoms with Crippen molar-refractivity contribution in [3.8, 4) is 0 Å². The Hall–Kier alpha value is -1.52. The van der Waals surface area contributed by atoms with Crippen LogP contribution >= 0.6 is 23.2 Å². The van der Waals surface area contributed by atoms with Crippen LogP contribution in [0.25, 0.3) is 6.08 Å².